The lowest BCUT2D eigenvalue weighted by atomic mass is 10.3. The predicted octanol–water partition coefficient (Wildman–Crippen LogP) is -1.29. The fourth-order valence-electron chi connectivity index (χ4n) is 0.175. The molecule has 1 atom stereocenters. The molecular formula is C3H9ClN2O3. The number of carboxylic acid groups (broad SMARTS) is 1. The minimum Gasteiger partial charge on any atom is -0.480 e. The molecule has 1 unspecified atom stereocenters. The molecule has 0 aliphatic heterocycles. The van der Waals surface area contributed by atoms with E-state index in [1.165, 1.54) is 0 Å². The molecule has 0 aliphatic carbocycles. The van der Waals surface area contributed by atoms with Gasteiger partial charge < -0.3 is 15.7 Å². The summed E-state index contributed by atoms with van der Waals surface area (Å²) in [6.45, 7) is -0.157. The van der Waals surface area contributed by atoms with Crippen molar-refractivity contribution in [2.45, 2.75) is 6.04 Å². The number of aliphatic carboxylic acids is 1. The van der Waals surface area contributed by atoms with Gasteiger partial charge in [-0.25, -0.2) is 5.90 Å². The van der Waals surface area contributed by atoms with Gasteiger partial charge in [0, 0.05) is 0 Å². The molecule has 0 amide bonds. The van der Waals surface area contributed by atoms with Crippen molar-refractivity contribution in [3.8, 4) is 0 Å². The summed E-state index contributed by atoms with van der Waals surface area (Å²) < 4.78 is 0. The number of rotatable bonds is 3. The van der Waals surface area contributed by atoms with Crippen molar-refractivity contribution < 1.29 is 14.7 Å². The Morgan fingerprint density at radius 1 is 1.78 bits per heavy atom. The highest BCUT2D eigenvalue weighted by molar-refractivity contribution is 5.85. The van der Waals surface area contributed by atoms with Crippen LogP contribution in [0.1, 0.15) is 0 Å². The zero-order valence-corrected chi connectivity index (χ0v) is 5.43. The molecule has 0 aromatic rings. The number of nitrogens with two attached hydrogens (primary N) is 2. The summed E-state index contributed by atoms with van der Waals surface area (Å²) in [5.74, 6) is 3.41. The van der Waals surface area contributed by atoms with Gasteiger partial charge in [0.25, 0.3) is 0 Å². The molecule has 0 aliphatic rings. The second-order valence-electron chi connectivity index (χ2n) is 1.28. The van der Waals surface area contributed by atoms with Crippen LogP contribution in [-0.2, 0) is 9.63 Å². The SMILES string of the molecule is Cl.NOCC(N)C(=O)O. The molecule has 0 bridgehead atoms. The summed E-state index contributed by atoms with van der Waals surface area (Å²) in [5, 5.41) is 8.05. The number of hydrogen-bond donors (Lipinski definition) is 3. The zero-order valence-electron chi connectivity index (χ0n) is 4.61. The zero-order chi connectivity index (χ0) is 6.57. The Morgan fingerprint density at radius 2 is 2.22 bits per heavy atom. The lowest BCUT2D eigenvalue weighted by molar-refractivity contribution is -0.140. The molecule has 0 heterocycles. The average molecular weight is 157 g/mol. The van der Waals surface area contributed by atoms with Crippen molar-refractivity contribution in [1.29, 1.82) is 0 Å². The van der Waals surface area contributed by atoms with Crippen LogP contribution in [-0.4, -0.2) is 23.7 Å². The third-order valence-corrected chi connectivity index (χ3v) is 0.593. The van der Waals surface area contributed by atoms with Gasteiger partial charge in [-0.05, 0) is 0 Å². The standard InChI is InChI=1S/C3H8N2O3.ClH/c4-2(1-8-5)3(6)7;/h2H,1,4-5H2,(H,6,7);1H. The fraction of sp³-hybridized carbons (Fsp3) is 0.667. The predicted molar refractivity (Wildman–Crippen MR) is 33.0 cm³/mol. The van der Waals surface area contributed by atoms with E-state index in [1.54, 1.807) is 0 Å². The van der Waals surface area contributed by atoms with Gasteiger partial charge in [-0.1, -0.05) is 0 Å². The Kier molecular flexibility index (Phi) is 7.33. The molecule has 6 heteroatoms. The van der Waals surface area contributed by atoms with Crippen LogP contribution in [0.4, 0.5) is 0 Å². The number of hydrogen-bond acceptors (Lipinski definition) is 4. The molecule has 0 spiro atoms. The smallest absolute Gasteiger partial charge is 0.322 e. The van der Waals surface area contributed by atoms with Crippen molar-refractivity contribution in [3.05, 3.63) is 0 Å². The second kappa shape index (κ2) is 5.77. The highest BCUT2D eigenvalue weighted by Gasteiger charge is 2.09. The Morgan fingerprint density at radius 3 is 2.33 bits per heavy atom. The van der Waals surface area contributed by atoms with Crippen molar-refractivity contribution in [3.63, 3.8) is 0 Å². The number of halogens is 1. The summed E-state index contributed by atoms with van der Waals surface area (Å²) in [6, 6.07) is -1.01. The van der Waals surface area contributed by atoms with Gasteiger partial charge in [0.05, 0.1) is 6.61 Å². The van der Waals surface area contributed by atoms with E-state index >= 15 is 0 Å². The lowest BCUT2D eigenvalue weighted by Gasteiger charge is -2.00. The molecule has 0 fully saturated rings. The normalized spacial score (nSPS) is 11.8. The first-order chi connectivity index (χ1) is 3.68. The molecule has 0 saturated heterocycles. The maximum atomic E-state index is 9.83. The molecule has 0 aromatic heterocycles. The fourth-order valence-corrected chi connectivity index (χ4v) is 0.175. The van der Waals surface area contributed by atoms with Crippen LogP contribution >= 0.6 is 12.4 Å². The first-order valence-corrected chi connectivity index (χ1v) is 1.98. The quantitative estimate of drug-likeness (QED) is 0.442. The van der Waals surface area contributed by atoms with Crippen LogP contribution in [0.15, 0.2) is 0 Å². The molecule has 56 valence electrons. The maximum Gasteiger partial charge on any atom is 0.322 e. The van der Waals surface area contributed by atoms with E-state index in [0.717, 1.165) is 0 Å². The first kappa shape index (κ1) is 11.4. The summed E-state index contributed by atoms with van der Waals surface area (Å²) >= 11 is 0. The van der Waals surface area contributed by atoms with Gasteiger partial charge in [0.2, 0.25) is 0 Å². The Hall–Kier alpha value is -0.360. The van der Waals surface area contributed by atoms with E-state index in [9.17, 15) is 4.79 Å². The number of carboxylic acids is 1. The van der Waals surface area contributed by atoms with Crippen LogP contribution in [0.5, 0.6) is 0 Å². The average Bonchev–Trinajstić information content (AvgIpc) is 1.67. The van der Waals surface area contributed by atoms with Gasteiger partial charge >= 0.3 is 5.97 Å². The highest BCUT2D eigenvalue weighted by Crippen LogP contribution is 1.75. The second-order valence-corrected chi connectivity index (χ2v) is 1.28. The van der Waals surface area contributed by atoms with E-state index < -0.39 is 12.0 Å². The van der Waals surface area contributed by atoms with Gasteiger partial charge in [-0.3, -0.25) is 4.79 Å². The summed E-state index contributed by atoms with van der Waals surface area (Å²) in [6.07, 6.45) is 0. The molecule has 5 nitrogen and oxygen atoms in total. The van der Waals surface area contributed by atoms with E-state index in [0.29, 0.717) is 0 Å². The van der Waals surface area contributed by atoms with Crippen molar-refractivity contribution in [2.75, 3.05) is 6.61 Å². The topological polar surface area (TPSA) is 98.6 Å². The minimum absolute atomic E-state index is 0. The van der Waals surface area contributed by atoms with Crippen molar-refractivity contribution in [1.82, 2.24) is 0 Å². The molecule has 0 saturated carbocycles. The van der Waals surface area contributed by atoms with Crippen LogP contribution in [0.2, 0.25) is 0 Å². The van der Waals surface area contributed by atoms with Crippen LogP contribution in [0.25, 0.3) is 0 Å². The summed E-state index contributed by atoms with van der Waals surface area (Å²) in [4.78, 5) is 13.8. The largest absolute Gasteiger partial charge is 0.480 e. The molecule has 0 aromatic carbocycles. The van der Waals surface area contributed by atoms with Crippen molar-refractivity contribution >= 4 is 18.4 Å². The van der Waals surface area contributed by atoms with Crippen LogP contribution in [0.3, 0.4) is 0 Å². The Bertz CT molecular complexity index is 89.1. The van der Waals surface area contributed by atoms with Gasteiger partial charge in [0.15, 0.2) is 0 Å². The van der Waals surface area contributed by atoms with Crippen molar-refractivity contribution in [2.24, 2.45) is 11.6 Å². The molecular weight excluding hydrogens is 147 g/mol. The van der Waals surface area contributed by atoms with Crippen LogP contribution < -0.4 is 11.6 Å². The molecule has 9 heavy (non-hydrogen) atoms. The van der Waals surface area contributed by atoms with E-state index in [1.807, 2.05) is 0 Å². The maximum absolute atomic E-state index is 9.83. The molecule has 0 rings (SSSR count). The van der Waals surface area contributed by atoms with Gasteiger partial charge in [0.1, 0.15) is 6.04 Å². The summed E-state index contributed by atoms with van der Waals surface area (Å²) in [7, 11) is 0. The van der Waals surface area contributed by atoms with E-state index in [4.69, 9.17) is 10.8 Å². The van der Waals surface area contributed by atoms with Crippen LogP contribution in [0, 0.1) is 0 Å². The monoisotopic (exact) mass is 156 g/mol. The van der Waals surface area contributed by atoms with Gasteiger partial charge in [-0.2, -0.15) is 0 Å². The van der Waals surface area contributed by atoms with Gasteiger partial charge in [-0.15, -0.1) is 12.4 Å². The molecule has 0 radical (unpaired) electrons. The van der Waals surface area contributed by atoms with E-state index in [2.05, 4.69) is 10.7 Å². The van der Waals surface area contributed by atoms with E-state index in [-0.39, 0.29) is 19.0 Å². The molecule has 5 N–H and O–H groups in total. The highest BCUT2D eigenvalue weighted by atomic mass is 35.5. The third kappa shape index (κ3) is 5.51. The number of carbonyl (C=O) groups is 1. The Labute approximate surface area is 58.3 Å². The first-order valence-electron chi connectivity index (χ1n) is 1.98. The lowest BCUT2D eigenvalue weighted by Crippen LogP contribution is -2.35. The summed E-state index contributed by atoms with van der Waals surface area (Å²) in [5.41, 5.74) is 4.92. The minimum atomic E-state index is -1.12. The third-order valence-electron chi connectivity index (χ3n) is 0.593. The Balaban J connectivity index is 0.